The first-order valence-corrected chi connectivity index (χ1v) is 7.50. The van der Waals surface area contributed by atoms with E-state index in [9.17, 15) is 19.5 Å². The predicted molar refractivity (Wildman–Crippen MR) is 93.7 cm³/mol. The molecule has 8 heteroatoms. The van der Waals surface area contributed by atoms with Crippen LogP contribution in [-0.2, 0) is 11.8 Å². The molecule has 8 nitrogen and oxygen atoms in total. The molecule has 1 aliphatic rings. The lowest BCUT2D eigenvalue weighted by atomic mass is 10.1. The number of aryl methyl sites for hydroxylation is 1. The van der Waals surface area contributed by atoms with Gasteiger partial charge in [-0.3, -0.25) is 19.1 Å². The summed E-state index contributed by atoms with van der Waals surface area (Å²) in [5, 5.41) is 15.5. The molecule has 3 rings (SSSR count). The number of hydrazone groups is 1. The number of carbonyl (C=O) groups excluding carboxylic acids is 1. The zero-order valence-electron chi connectivity index (χ0n) is 13.9. The molecule has 0 spiro atoms. The van der Waals surface area contributed by atoms with Gasteiger partial charge in [-0.15, -0.1) is 0 Å². The Kier molecular flexibility index (Phi) is 3.88. The Labute approximate surface area is 142 Å². The van der Waals surface area contributed by atoms with Crippen LogP contribution in [0.4, 0.5) is 5.69 Å². The number of benzene rings is 1. The normalized spacial score (nSPS) is 15.8. The summed E-state index contributed by atoms with van der Waals surface area (Å²) in [5.41, 5.74) is 0.519. The first-order valence-electron chi connectivity index (χ1n) is 7.50. The highest BCUT2D eigenvalue weighted by molar-refractivity contribution is 6.32. The number of aromatic amines is 1. The standard InChI is InChI=1S/C17H16N4O4/c1-9-4-6-11(7-5-9)21-16(24)12(10(2)19-21)8-13-14(22)18-17(25)20(3)15(13)23/h4-8,23H,1-3H3,(H,18,22,25)/b12-8+. The van der Waals surface area contributed by atoms with E-state index in [1.807, 2.05) is 19.1 Å². The summed E-state index contributed by atoms with van der Waals surface area (Å²) in [6.45, 7) is 3.56. The number of hydrogen-bond donors (Lipinski definition) is 2. The summed E-state index contributed by atoms with van der Waals surface area (Å²) in [7, 11) is 1.31. The molecule has 25 heavy (non-hydrogen) atoms. The molecule has 2 aromatic rings. The molecule has 0 atom stereocenters. The number of hydrogen-bond acceptors (Lipinski definition) is 5. The maximum absolute atomic E-state index is 12.7. The van der Waals surface area contributed by atoms with Crippen LogP contribution in [0.5, 0.6) is 5.88 Å². The maximum Gasteiger partial charge on any atom is 0.330 e. The van der Waals surface area contributed by atoms with Gasteiger partial charge in [-0.05, 0) is 32.1 Å². The zero-order valence-corrected chi connectivity index (χ0v) is 13.9. The molecule has 0 bridgehead atoms. The molecule has 128 valence electrons. The van der Waals surface area contributed by atoms with Crippen molar-refractivity contribution < 1.29 is 9.90 Å². The van der Waals surface area contributed by atoms with Crippen molar-refractivity contribution in [1.29, 1.82) is 0 Å². The van der Waals surface area contributed by atoms with Crippen LogP contribution in [0.15, 0.2) is 44.5 Å². The van der Waals surface area contributed by atoms with Crippen molar-refractivity contribution in [3.05, 3.63) is 61.8 Å². The molecular weight excluding hydrogens is 324 g/mol. The fourth-order valence-corrected chi connectivity index (χ4v) is 2.45. The Balaban J connectivity index is 2.07. The fraction of sp³-hybridized carbons (Fsp3) is 0.176. The minimum Gasteiger partial charge on any atom is -0.494 e. The van der Waals surface area contributed by atoms with Gasteiger partial charge in [0.25, 0.3) is 11.5 Å². The van der Waals surface area contributed by atoms with Crippen LogP contribution in [0.2, 0.25) is 0 Å². The maximum atomic E-state index is 12.7. The molecule has 1 aliphatic heterocycles. The van der Waals surface area contributed by atoms with Crippen molar-refractivity contribution in [1.82, 2.24) is 9.55 Å². The van der Waals surface area contributed by atoms with Crippen LogP contribution in [0.25, 0.3) is 6.08 Å². The lowest BCUT2D eigenvalue weighted by molar-refractivity contribution is -0.114. The highest BCUT2D eigenvalue weighted by Crippen LogP contribution is 2.25. The van der Waals surface area contributed by atoms with Gasteiger partial charge in [0.1, 0.15) is 5.56 Å². The van der Waals surface area contributed by atoms with Crippen LogP contribution in [0.3, 0.4) is 0 Å². The second kappa shape index (κ2) is 5.90. The number of anilines is 1. The number of rotatable bonds is 2. The molecular formula is C17H16N4O4. The molecule has 1 aromatic heterocycles. The number of H-pyrrole nitrogens is 1. The molecule has 0 unspecified atom stereocenters. The van der Waals surface area contributed by atoms with Crippen molar-refractivity contribution in [3.8, 4) is 5.88 Å². The van der Waals surface area contributed by atoms with Crippen LogP contribution in [-0.4, -0.2) is 26.3 Å². The molecule has 0 aliphatic carbocycles. The fourth-order valence-electron chi connectivity index (χ4n) is 2.45. The van der Waals surface area contributed by atoms with Gasteiger partial charge in [-0.2, -0.15) is 10.1 Å². The second-order valence-corrected chi connectivity index (χ2v) is 5.75. The summed E-state index contributed by atoms with van der Waals surface area (Å²) >= 11 is 0. The lowest BCUT2D eigenvalue weighted by Gasteiger charge is -2.11. The number of aromatic hydroxyl groups is 1. The van der Waals surface area contributed by atoms with Crippen molar-refractivity contribution >= 4 is 23.4 Å². The quantitative estimate of drug-likeness (QED) is 0.792. The number of aromatic nitrogens is 2. The second-order valence-electron chi connectivity index (χ2n) is 5.75. The minimum atomic E-state index is -0.775. The molecule has 0 fully saturated rings. The van der Waals surface area contributed by atoms with E-state index in [1.165, 1.54) is 18.1 Å². The SMILES string of the molecule is CC1=NN(c2ccc(C)cc2)C(=O)/C1=C/c1c(O)n(C)c(=O)[nH]c1=O. The summed E-state index contributed by atoms with van der Waals surface area (Å²) in [4.78, 5) is 38.2. The number of carbonyl (C=O) groups is 1. The Hall–Kier alpha value is -3.42. The molecule has 0 saturated heterocycles. The predicted octanol–water partition coefficient (Wildman–Crippen LogP) is 0.894. The van der Waals surface area contributed by atoms with Gasteiger partial charge in [0.2, 0.25) is 5.88 Å². The van der Waals surface area contributed by atoms with E-state index in [4.69, 9.17) is 0 Å². The van der Waals surface area contributed by atoms with Gasteiger partial charge in [-0.1, -0.05) is 17.7 Å². The molecule has 1 aromatic carbocycles. The van der Waals surface area contributed by atoms with E-state index in [-0.39, 0.29) is 11.1 Å². The van der Waals surface area contributed by atoms with Gasteiger partial charge in [0, 0.05) is 7.05 Å². The van der Waals surface area contributed by atoms with Crippen LogP contribution in [0.1, 0.15) is 18.1 Å². The average Bonchev–Trinajstić information content (AvgIpc) is 2.85. The molecule has 1 amide bonds. The first-order chi connectivity index (χ1) is 11.8. The largest absolute Gasteiger partial charge is 0.494 e. The van der Waals surface area contributed by atoms with E-state index < -0.39 is 23.0 Å². The highest BCUT2D eigenvalue weighted by atomic mass is 16.3. The van der Waals surface area contributed by atoms with Gasteiger partial charge in [0.05, 0.1) is 17.0 Å². The monoisotopic (exact) mass is 340 g/mol. The third-order valence-electron chi connectivity index (χ3n) is 3.96. The summed E-state index contributed by atoms with van der Waals surface area (Å²) in [6.07, 6.45) is 1.24. The Morgan fingerprint density at radius 3 is 2.40 bits per heavy atom. The lowest BCUT2D eigenvalue weighted by Crippen LogP contribution is -2.30. The van der Waals surface area contributed by atoms with Crippen LogP contribution >= 0.6 is 0 Å². The molecule has 0 radical (unpaired) electrons. The van der Waals surface area contributed by atoms with Gasteiger partial charge in [0.15, 0.2) is 0 Å². The van der Waals surface area contributed by atoms with E-state index in [0.29, 0.717) is 11.4 Å². The van der Waals surface area contributed by atoms with Crippen molar-refractivity contribution in [2.45, 2.75) is 13.8 Å². The third kappa shape index (κ3) is 2.78. The van der Waals surface area contributed by atoms with Crippen molar-refractivity contribution in [3.63, 3.8) is 0 Å². The molecule has 2 N–H and O–H groups in total. The number of nitrogens with one attached hydrogen (secondary N) is 1. The van der Waals surface area contributed by atoms with E-state index >= 15 is 0 Å². The highest BCUT2D eigenvalue weighted by Gasteiger charge is 2.29. The van der Waals surface area contributed by atoms with Crippen molar-refractivity contribution in [2.24, 2.45) is 12.1 Å². The molecule has 0 saturated carbocycles. The van der Waals surface area contributed by atoms with E-state index in [2.05, 4.69) is 10.1 Å². The van der Waals surface area contributed by atoms with E-state index in [1.54, 1.807) is 19.1 Å². The first kappa shape index (κ1) is 16.4. The van der Waals surface area contributed by atoms with Crippen molar-refractivity contribution in [2.75, 3.05) is 5.01 Å². The smallest absolute Gasteiger partial charge is 0.330 e. The number of amides is 1. The minimum absolute atomic E-state index is 0.167. The van der Waals surface area contributed by atoms with E-state index in [0.717, 1.165) is 10.1 Å². The Bertz CT molecular complexity index is 1040. The zero-order chi connectivity index (χ0) is 18.3. The Morgan fingerprint density at radius 2 is 1.76 bits per heavy atom. The van der Waals surface area contributed by atoms with Gasteiger partial charge < -0.3 is 5.11 Å². The number of nitrogens with zero attached hydrogens (tertiary/aromatic N) is 3. The topological polar surface area (TPSA) is 108 Å². The van der Waals surface area contributed by atoms with Gasteiger partial charge in [-0.25, -0.2) is 4.79 Å². The van der Waals surface area contributed by atoms with Gasteiger partial charge >= 0.3 is 5.69 Å². The Morgan fingerprint density at radius 1 is 1.12 bits per heavy atom. The summed E-state index contributed by atoms with van der Waals surface area (Å²) in [5.74, 6) is -0.940. The van der Waals surface area contributed by atoms with Crippen LogP contribution < -0.4 is 16.3 Å². The third-order valence-corrected chi connectivity index (χ3v) is 3.96. The molecule has 2 heterocycles. The van der Waals surface area contributed by atoms with Crippen LogP contribution in [0, 0.1) is 6.92 Å². The summed E-state index contributed by atoms with van der Waals surface area (Å²) < 4.78 is 0.886. The summed E-state index contributed by atoms with van der Waals surface area (Å²) in [6, 6.07) is 7.25. The average molecular weight is 340 g/mol.